The van der Waals surface area contributed by atoms with Gasteiger partial charge in [-0.1, -0.05) is 25.5 Å². The summed E-state index contributed by atoms with van der Waals surface area (Å²) in [4.78, 5) is 23.0. The maximum atomic E-state index is 12.4. The van der Waals surface area contributed by atoms with Gasteiger partial charge in [-0.3, -0.25) is 4.79 Å². The van der Waals surface area contributed by atoms with E-state index in [1.807, 2.05) is 19.1 Å². The van der Waals surface area contributed by atoms with E-state index in [1.165, 1.54) is 6.08 Å². The van der Waals surface area contributed by atoms with Gasteiger partial charge in [0.05, 0.1) is 0 Å². The van der Waals surface area contributed by atoms with Gasteiger partial charge in [-0.15, -0.1) is 0 Å². The standard InChI is InChI=1S/C17H21NO3/c1-11-6-7-13(8-9-16(19)20)10-14(11)17(21)18-15-5-3-4-12(15)2/h6-10,12,15H,3-5H2,1-2H3,(H,18,21)(H,19,20). The number of nitrogens with one attached hydrogen (secondary N) is 1. The number of rotatable bonds is 4. The van der Waals surface area contributed by atoms with Gasteiger partial charge in [-0.05, 0) is 49.0 Å². The van der Waals surface area contributed by atoms with Crippen molar-refractivity contribution < 1.29 is 14.7 Å². The molecule has 0 heterocycles. The van der Waals surface area contributed by atoms with Crippen molar-refractivity contribution in [3.05, 3.63) is 41.0 Å². The van der Waals surface area contributed by atoms with Gasteiger partial charge in [0.25, 0.3) is 5.91 Å². The largest absolute Gasteiger partial charge is 0.478 e. The summed E-state index contributed by atoms with van der Waals surface area (Å²) in [6.07, 6.45) is 5.92. The van der Waals surface area contributed by atoms with E-state index >= 15 is 0 Å². The smallest absolute Gasteiger partial charge is 0.328 e. The highest BCUT2D eigenvalue weighted by Crippen LogP contribution is 2.25. The van der Waals surface area contributed by atoms with Crippen LogP contribution in [0.5, 0.6) is 0 Å². The Morgan fingerprint density at radius 3 is 2.71 bits per heavy atom. The van der Waals surface area contributed by atoms with E-state index in [9.17, 15) is 9.59 Å². The molecule has 1 saturated carbocycles. The van der Waals surface area contributed by atoms with Crippen LogP contribution in [0.1, 0.15) is 47.7 Å². The number of aliphatic carboxylic acids is 1. The van der Waals surface area contributed by atoms with Crippen LogP contribution in [-0.4, -0.2) is 23.0 Å². The first kappa shape index (κ1) is 15.3. The number of carboxylic acids is 1. The van der Waals surface area contributed by atoms with E-state index in [-0.39, 0.29) is 11.9 Å². The molecule has 2 N–H and O–H groups in total. The monoisotopic (exact) mass is 287 g/mol. The summed E-state index contributed by atoms with van der Waals surface area (Å²) < 4.78 is 0. The third kappa shape index (κ3) is 3.94. The molecule has 4 heteroatoms. The molecule has 0 saturated heterocycles. The van der Waals surface area contributed by atoms with Gasteiger partial charge in [0.1, 0.15) is 0 Å². The molecule has 2 rings (SSSR count). The van der Waals surface area contributed by atoms with Gasteiger partial charge < -0.3 is 10.4 Å². The lowest BCUT2D eigenvalue weighted by molar-refractivity contribution is -0.131. The third-order valence-corrected chi connectivity index (χ3v) is 4.10. The summed E-state index contributed by atoms with van der Waals surface area (Å²) in [7, 11) is 0. The second-order valence-electron chi connectivity index (χ2n) is 5.73. The summed E-state index contributed by atoms with van der Waals surface area (Å²) in [5, 5.41) is 11.8. The minimum Gasteiger partial charge on any atom is -0.478 e. The zero-order valence-corrected chi connectivity index (χ0v) is 12.4. The second-order valence-corrected chi connectivity index (χ2v) is 5.73. The lowest BCUT2D eigenvalue weighted by Gasteiger charge is -2.18. The van der Waals surface area contributed by atoms with Crippen molar-refractivity contribution in [1.82, 2.24) is 5.32 Å². The molecule has 0 bridgehead atoms. The predicted molar refractivity (Wildman–Crippen MR) is 82.1 cm³/mol. The lowest BCUT2D eigenvalue weighted by Crippen LogP contribution is -2.36. The number of carboxylic acid groups (broad SMARTS) is 1. The lowest BCUT2D eigenvalue weighted by atomic mass is 10.0. The third-order valence-electron chi connectivity index (χ3n) is 4.10. The fraction of sp³-hybridized carbons (Fsp3) is 0.412. The molecule has 0 radical (unpaired) electrons. The molecule has 1 aliphatic carbocycles. The predicted octanol–water partition coefficient (Wildman–Crippen LogP) is 3.01. The molecular formula is C17H21NO3. The van der Waals surface area contributed by atoms with E-state index in [1.54, 1.807) is 6.07 Å². The van der Waals surface area contributed by atoms with Crippen LogP contribution in [0, 0.1) is 12.8 Å². The Balaban J connectivity index is 2.15. The van der Waals surface area contributed by atoms with Crippen LogP contribution in [0.15, 0.2) is 24.3 Å². The number of aryl methyl sites for hydroxylation is 1. The van der Waals surface area contributed by atoms with Gasteiger partial charge in [-0.25, -0.2) is 4.79 Å². The topological polar surface area (TPSA) is 66.4 Å². The van der Waals surface area contributed by atoms with Crippen molar-refractivity contribution in [2.24, 2.45) is 5.92 Å². The maximum Gasteiger partial charge on any atom is 0.328 e. The van der Waals surface area contributed by atoms with Crippen molar-refractivity contribution in [2.75, 3.05) is 0 Å². The van der Waals surface area contributed by atoms with E-state index in [2.05, 4.69) is 12.2 Å². The Bertz CT molecular complexity index is 577. The summed E-state index contributed by atoms with van der Waals surface area (Å²) >= 11 is 0. The van der Waals surface area contributed by atoms with E-state index in [0.717, 1.165) is 30.9 Å². The molecule has 21 heavy (non-hydrogen) atoms. The van der Waals surface area contributed by atoms with Gasteiger partial charge in [0, 0.05) is 17.7 Å². The molecule has 0 aliphatic heterocycles. The van der Waals surface area contributed by atoms with Crippen LogP contribution in [0.3, 0.4) is 0 Å². The minimum absolute atomic E-state index is 0.0724. The van der Waals surface area contributed by atoms with Gasteiger partial charge in [0.2, 0.25) is 0 Å². The summed E-state index contributed by atoms with van der Waals surface area (Å²) in [6, 6.07) is 5.64. The Kier molecular flexibility index (Phi) is 4.78. The fourth-order valence-corrected chi connectivity index (χ4v) is 2.76. The zero-order chi connectivity index (χ0) is 15.4. The molecule has 1 aromatic rings. The first-order valence-electron chi connectivity index (χ1n) is 7.30. The summed E-state index contributed by atoms with van der Waals surface area (Å²) in [6.45, 7) is 4.05. The summed E-state index contributed by atoms with van der Waals surface area (Å²) in [5.41, 5.74) is 2.22. The zero-order valence-electron chi connectivity index (χ0n) is 12.4. The number of carbonyl (C=O) groups is 2. The molecule has 2 unspecified atom stereocenters. The second kappa shape index (κ2) is 6.57. The van der Waals surface area contributed by atoms with Crippen molar-refractivity contribution >= 4 is 18.0 Å². The van der Waals surface area contributed by atoms with Crippen LogP contribution in [0.25, 0.3) is 6.08 Å². The Morgan fingerprint density at radius 2 is 2.10 bits per heavy atom. The molecule has 1 aliphatic rings. The summed E-state index contributed by atoms with van der Waals surface area (Å²) in [5.74, 6) is -0.553. The van der Waals surface area contributed by atoms with Crippen molar-refractivity contribution in [1.29, 1.82) is 0 Å². The van der Waals surface area contributed by atoms with E-state index in [0.29, 0.717) is 17.0 Å². The molecule has 0 aromatic heterocycles. The quantitative estimate of drug-likeness (QED) is 0.837. The fourth-order valence-electron chi connectivity index (χ4n) is 2.76. The molecule has 1 aromatic carbocycles. The van der Waals surface area contributed by atoms with Crippen LogP contribution < -0.4 is 5.32 Å². The first-order valence-corrected chi connectivity index (χ1v) is 7.30. The van der Waals surface area contributed by atoms with Crippen molar-refractivity contribution in [2.45, 2.75) is 39.2 Å². The molecule has 4 nitrogen and oxygen atoms in total. The number of hydrogen-bond acceptors (Lipinski definition) is 2. The van der Waals surface area contributed by atoms with Gasteiger partial charge in [-0.2, -0.15) is 0 Å². The van der Waals surface area contributed by atoms with Crippen LogP contribution >= 0.6 is 0 Å². The molecular weight excluding hydrogens is 266 g/mol. The maximum absolute atomic E-state index is 12.4. The molecule has 1 amide bonds. The molecule has 112 valence electrons. The highest BCUT2D eigenvalue weighted by molar-refractivity contribution is 5.96. The molecule has 1 fully saturated rings. The highest BCUT2D eigenvalue weighted by Gasteiger charge is 2.25. The molecule has 2 atom stereocenters. The first-order chi connectivity index (χ1) is 9.97. The average Bonchev–Trinajstić information content (AvgIpc) is 2.83. The van der Waals surface area contributed by atoms with Crippen LogP contribution in [-0.2, 0) is 4.79 Å². The highest BCUT2D eigenvalue weighted by atomic mass is 16.4. The Labute approximate surface area is 124 Å². The number of amides is 1. The SMILES string of the molecule is Cc1ccc(C=CC(=O)O)cc1C(=O)NC1CCCC1C. The van der Waals surface area contributed by atoms with Crippen LogP contribution in [0.4, 0.5) is 0 Å². The van der Waals surface area contributed by atoms with Gasteiger partial charge in [0.15, 0.2) is 0 Å². The number of carbonyl (C=O) groups excluding carboxylic acids is 1. The van der Waals surface area contributed by atoms with Crippen LogP contribution in [0.2, 0.25) is 0 Å². The van der Waals surface area contributed by atoms with E-state index in [4.69, 9.17) is 5.11 Å². The average molecular weight is 287 g/mol. The number of benzene rings is 1. The van der Waals surface area contributed by atoms with E-state index < -0.39 is 5.97 Å². The van der Waals surface area contributed by atoms with Gasteiger partial charge >= 0.3 is 5.97 Å². The minimum atomic E-state index is -0.999. The van der Waals surface area contributed by atoms with Crippen molar-refractivity contribution in [3.8, 4) is 0 Å². The molecule has 0 spiro atoms. The Hall–Kier alpha value is -2.10. The Morgan fingerprint density at radius 1 is 1.33 bits per heavy atom. The number of hydrogen-bond donors (Lipinski definition) is 2. The normalized spacial score (nSPS) is 21.6. The van der Waals surface area contributed by atoms with Crippen molar-refractivity contribution in [3.63, 3.8) is 0 Å².